The van der Waals surface area contributed by atoms with Gasteiger partial charge in [0.2, 0.25) is 11.8 Å². The summed E-state index contributed by atoms with van der Waals surface area (Å²) in [6, 6.07) is 2.83. The van der Waals surface area contributed by atoms with Crippen LogP contribution in [0.3, 0.4) is 0 Å². The minimum atomic E-state index is -4.55. The third-order valence-corrected chi connectivity index (χ3v) is 3.63. The van der Waals surface area contributed by atoms with Crippen LogP contribution in [0, 0.1) is 0 Å². The van der Waals surface area contributed by atoms with Crippen LogP contribution in [0.5, 0.6) is 0 Å². The van der Waals surface area contributed by atoms with Crippen LogP contribution in [0.15, 0.2) is 18.2 Å². The first-order valence-electron chi connectivity index (χ1n) is 6.77. The molecule has 0 bridgehead atoms. The largest absolute Gasteiger partial charge is 0.433 e. The van der Waals surface area contributed by atoms with E-state index in [0.717, 1.165) is 6.07 Å². The number of alkyl halides is 3. The molecular weight excluding hydrogens is 299 g/mol. The highest BCUT2D eigenvalue weighted by molar-refractivity contribution is 5.89. The highest BCUT2D eigenvalue weighted by Gasteiger charge is 2.34. The van der Waals surface area contributed by atoms with Crippen molar-refractivity contribution in [3.63, 3.8) is 0 Å². The Hall–Kier alpha value is -2.12. The Morgan fingerprint density at radius 3 is 2.68 bits per heavy atom. The van der Waals surface area contributed by atoms with Gasteiger partial charge in [-0.1, -0.05) is 6.07 Å². The molecule has 0 saturated carbocycles. The summed E-state index contributed by atoms with van der Waals surface area (Å²) >= 11 is 0. The number of halogens is 3. The molecule has 120 valence electrons. The number of aromatic nitrogens is 1. The van der Waals surface area contributed by atoms with Crippen molar-refractivity contribution in [2.24, 2.45) is 0 Å². The maximum absolute atomic E-state index is 12.6. The zero-order chi connectivity index (χ0) is 16.5. The van der Waals surface area contributed by atoms with E-state index in [4.69, 9.17) is 0 Å². The summed E-state index contributed by atoms with van der Waals surface area (Å²) in [5.74, 6) is -0.586. The maximum atomic E-state index is 12.6. The Morgan fingerprint density at radius 1 is 1.36 bits per heavy atom. The summed E-state index contributed by atoms with van der Waals surface area (Å²) in [6.45, 7) is 2.38. The van der Waals surface area contributed by atoms with E-state index in [2.05, 4.69) is 4.98 Å². The van der Waals surface area contributed by atoms with Gasteiger partial charge in [-0.3, -0.25) is 9.59 Å². The Bertz CT molecular complexity index is 589. The van der Waals surface area contributed by atoms with Crippen molar-refractivity contribution in [2.45, 2.75) is 25.6 Å². The van der Waals surface area contributed by atoms with Gasteiger partial charge in [-0.15, -0.1) is 0 Å². The predicted molar refractivity (Wildman–Crippen MR) is 71.8 cm³/mol. The van der Waals surface area contributed by atoms with E-state index in [1.165, 1.54) is 21.9 Å². The first-order valence-corrected chi connectivity index (χ1v) is 6.77. The molecule has 0 aromatic carbocycles. The van der Waals surface area contributed by atoms with E-state index in [1.54, 1.807) is 14.0 Å². The molecular formula is C14H16F3N3O2. The Balaban J connectivity index is 2.11. The first-order chi connectivity index (χ1) is 10.2. The van der Waals surface area contributed by atoms with Gasteiger partial charge in [0.15, 0.2) is 0 Å². The van der Waals surface area contributed by atoms with Gasteiger partial charge < -0.3 is 9.80 Å². The molecule has 2 heterocycles. The summed E-state index contributed by atoms with van der Waals surface area (Å²) < 4.78 is 37.8. The van der Waals surface area contributed by atoms with Gasteiger partial charge in [-0.2, -0.15) is 13.2 Å². The van der Waals surface area contributed by atoms with Crippen LogP contribution in [0.1, 0.15) is 18.3 Å². The number of rotatable bonds is 2. The fourth-order valence-corrected chi connectivity index (χ4v) is 2.35. The maximum Gasteiger partial charge on any atom is 0.433 e. The molecule has 22 heavy (non-hydrogen) atoms. The quantitative estimate of drug-likeness (QED) is 0.827. The molecule has 1 aromatic heterocycles. The molecule has 1 atom stereocenters. The molecule has 1 aromatic rings. The number of hydrogen-bond donors (Lipinski definition) is 0. The predicted octanol–water partition coefficient (Wildman–Crippen LogP) is 1.33. The molecule has 5 nitrogen and oxygen atoms in total. The van der Waals surface area contributed by atoms with E-state index >= 15 is 0 Å². The molecule has 1 aliphatic heterocycles. The molecule has 1 fully saturated rings. The number of likely N-dealkylation sites (N-methyl/N-ethyl adjacent to an activating group) is 1. The van der Waals surface area contributed by atoms with Gasteiger partial charge in [-0.25, -0.2) is 4.98 Å². The van der Waals surface area contributed by atoms with Crippen LogP contribution in [0.25, 0.3) is 0 Å². The van der Waals surface area contributed by atoms with Crippen LogP contribution < -0.4 is 0 Å². The Labute approximate surface area is 125 Å². The number of amides is 2. The Morgan fingerprint density at radius 2 is 2.05 bits per heavy atom. The fraction of sp³-hybridized carbons (Fsp3) is 0.500. The van der Waals surface area contributed by atoms with Crippen molar-refractivity contribution < 1.29 is 22.8 Å². The van der Waals surface area contributed by atoms with Crippen LogP contribution in [0.4, 0.5) is 13.2 Å². The highest BCUT2D eigenvalue weighted by atomic mass is 19.4. The average Bonchev–Trinajstić information content (AvgIpc) is 2.44. The average molecular weight is 315 g/mol. The lowest BCUT2D eigenvalue weighted by molar-refractivity contribution is -0.149. The lowest BCUT2D eigenvalue weighted by Crippen LogP contribution is -2.56. The van der Waals surface area contributed by atoms with E-state index in [-0.39, 0.29) is 18.0 Å². The van der Waals surface area contributed by atoms with E-state index < -0.39 is 23.8 Å². The molecule has 0 radical (unpaired) electrons. The molecule has 1 aliphatic rings. The standard InChI is InChI=1S/C14H16F3N3O2/c1-9-13(22)19(2)6-7-20(9)12(21)8-10-4-3-5-11(18-10)14(15,16)17/h3-5,9H,6-8H2,1-2H3. The third-order valence-electron chi connectivity index (χ3n) is 3.63. The first kappa shape index (κ1) is 16.3. The number of carbonyl (C=O) groups is 2. The molecule has 1 unspecified atom stereocenters. The zero-order valence-electron chi connectivity index (χ0n) is 12.2. The summed E-state index contributed by atoms with van der Waals surface area (Å²) in [4.78, 5) is 30.4. The lowest BCUT2D eigenvalue weighted by Gasteiger charge is -2.37. The molecule has 2 amide bonds. The fourth-order valence-electron chi connectivity index (χ4n) is 2.35. The minimum Gasteiger partial charge on any atom is -0.342 e. The van der Waals surface area contributed by atoms with E-state index in [9.17, 15) is 22.8 Å². The summed E-state index contributed by atoms with van der Waals surface area (Å²) in [5, 5.41) is 0. The normalized spacial score (nSPS) is 19.5. The van der Waals surface area contributed by atoms with Crippen molar-refractivity contribution in [2.75, 3.05) is 20.1 Å². The van der Waals surface area contributed by atoms with Gasteiger partial charge in [0.05, 0.1) is 12.1 Å². The number of pyridine rings is 1. The lowest BCUT2D eigenvalue weighted by atomic mass is 10.1. The molecule has 0 N–H and O–H groups in total. The van der Waals surface area contributed by atoms with Crippen molar-refractivity contribution in [1.29, 1.82) is 0 Å². The van der Waals surface area contributed by atoms with Crippen molar-refractivity contribution in [3.05, 3.63) is 29.6 Å². The summed E-state index contributed by atoms with van der Waals surface area (Å²) in [5.41, 5.74) is -0.987. The van der Waals surface area contributed by atoms with Crippen molar-refractivity contribution in [3.8, 4) is 0 Å². The van der Waals surface area contributed by atoms with Gasteiger partial charge in [0, 0.05) is 20.1 Å². The topological polar surface area (TPSA) is 53.5 Å². The SMILES string of the molecule is CC1C(=O)N(C)CCN1C(=O)Cc1cccc(C(F)(F)F)n1. The zero-order valence-corrected chi connectivity index (χ0v) is 12.2. The van der Waals surface area contributed by atoms with Crippen LogP contribution >= 0.6 is 0 Å². The number of hydrogen-bond acceptors (Lipinski definition) is 3. The molecule has 2 rings (SSSR count). The summed E-state index contributed by atoms with van der Waals surface area (Å²) in [6.07, 6.45) is -4.80. The molecule has 0 spiro atoms. The van der Waals surface area contributed by atoms with Crippen molar-refractivity contribution >= 4 is 11.8 Å². The summed E-state index contributed by atoms with van der Waals surface area (Å²) in [7, 11) is 1.65. The second-order valence-electron chi connectivity index (χ2n) is 5.21. The monoisotopic (exact) mass is 315 g/mol. The molecule has 0 aliphatic carbocycles. The van der Waals surface area contributed by atoms with Gasteiger partial charge in [0.1, 0.15) is 11.7 Å². The minimum absolute atomic E-state index is 0.0402. The Kier molecular flexibility index (Phi) is 4.39. The van der Waals surface area contributed by atoms with Crippen LogP contribution in [-0.4, -0.2) is 52.8 Å². The van der Waals surface area contributed by atoms with Gasteiger partial charge in [0.25, 0.3) is 0 Å². The highest BCUT2D eigenvalue weighted by Crippen LogP contribution is 2.27. The van der Waals surface area contributed by atoms with Crippen LogP contribution in [-0.2, 0) is 22.2 Å². The molecule has 8 heteroatoms. The van der Waals surface area contributed by atoms with Crippen molar-refractivity contribution in [1.82, 2.24) is 14.8 Å². The van der Waals surface area contributed by atoms with Gasteiger partial charge in [-0.05, 0) is 19.1 Å². The van der Waals surface area contributed by atoms with Crippen LogP contribution in [0.2, 0.25) is 0 Å². The number of nitrogens with zero attached hydrogens (tertiary/aromatic N) is 3. The third kappa shape index (κ3) is 3.37. The second kappa shape index (κ2) is 5.94. The second-order valence-corrected chi connectivity index (χ2v) is 5.21. The molecule has 1 saturated heterocycles. The number of piperazine rings is 1. The van der Waals surface area contributed by atoms with E-state index in [0.29, 0.717) is 13.1 Å². The smallest absolute Gasteiger partial charge is 0.342 e. The van der Waals surface area contributed by atoms with Gasteiger partial charge >= 0.3 is 6.18 Å². The van der Waals surface area contributed by atoms with E-state index in [1.807, 2.05) is 0 Å². The number of carbonyl (C=O) groups excluding carboxylic acids is 2.